The maximum Gasteiger partial charge on any atom is 0.0414 e. The molecule has 0 fully saturated rings. The quantitative estimate of drug-likeness (QED) is 0.696. The van der Waals surface area contributed by atoms with Crippen molar-refractivity contribution in [3.63, 3.8) is 0 Å². The van der Waals surface area contributed by atoms with E-state index in [1.807, 2.05) is 0 Å². The highest BCUT2D eigenvalue weighted by Gasteiger charge is 2.12. The van der Waals surface area contributed by atoms with Crippen LogP contribution in [0, 0.1) is 6.92 Å². The van der Waals surface area contributed by atoms with Crippen LogP contribution in [0.25, 0.3) is 0 Å². The molecule has 1 aromatic rings. The molecular weight excluding hydrogens is 226 g/mol. The Morgan fingerprint density at radius 1 is 1.18 bits per heavy atom. The molecule has 0 aliphatic heterocycles. The van der Waals surface area contributed by atoms with Gasteiger partial charge in [0.2, 0.25) is 0 Å². The third kappa shape index (κ3) is 5.13. The standard InChI is InChI=1S/C15H25NS/c1-4-10-16-15(12-17-11-5-2)14-9-7-6-8-13(14)3/h6-9,15-16H,4-5,10-12H2,1-3H3. The molecule has 0 radical (unpaired) electrons. The summed E-state index contributed by atoms with van der Waals surface area (Å²) in [4.78, 5) is 0. The van der Waals surface area contributed by atoms with Gasteiger partial charge in [0.1, 0.15) is 0 Å². The normalized spacial score (nSPS) is 12.6. The molecule has 0 saturated heterocycles. The van der Waals surface area contributed by atoms with E-state index in [0.717, 1.165) is 6.54 Å². The van der Waals surface area contributed by atoms with E-state index < -0.39 is 0 Å². The van der Waals surface area contributed by atoms with Gasteiger partial charge in [-0.2, -0.15) is 11.8 Å². The average Bonchev–Trinajstić information content (AvgIpc) is 2.35. The van der Waals surface area contributed by atoms with Crippen LogP contribution in [0.2, 0.25) is 0 Å². The number of hydrogen-bond donors (Lipinski definition) is 1. The van der Waals surface area contributed by atoms with Gasteiger partial charge in [-0.1, -0.05) is 38.1 Å². The molecule has 0 bridgehead atoms. The minimum atomic E-state index is 0.507. The Morgan fingerprint density at radius 3 is 2.59 bits per heavy atom. The van der Waals surface area contributed by atoms with Gasteiger partial charge in [0, 0.05) is 11.8 Å². The van der Waals surface area contributed by atoms with E-state index >= 15 is 0 Å². The molecule has 1 nitrogen and oxygen atoms in total. The lowest BCUT2D eigenvalue weighted by molar-refractivity contribution is 0.575. The SMILES string of the molecule is CCCNC(CSCCC)c1ccccc1C. The second-order valence-electron chi connectivity index (χ2n) is 4.44. The van der Waals surface area contributed by atoms with E-state index in [1.54, 1.807) is 0 Å². The van der Waals surface area contributed by atoms with E-state index in [0.29, 0.717) is 6.04 Å². The second-order valence-corrected chi connectivity index (χ2v) is 5.59. The van der Waals surface area contributed by atoms with Gasteiger partial charge in [0.05, 0.1) is 0 Å². The van der Waals surface area contributed by atoms with Gasteiger partial charge in [-0.15, -0.1) is 0 Å². The molecule has 0 amide bonds. The van der Waals surface area contributed by atoms with Gasteiger partial charge in [-0.05, 0) is 43.2 Å². The summed E-state index contributed by atoms with van der Waals surface area (Å²) in [5.41, 5.74) is 2.86. The molecule has 1 unspecified atom stereocenters. The predicted molar refractivity (Wildman–Crippen MR) is 79.8 cm³/mol. The van der Waals surface area contributed by atoms with Crippen LogP contribution < -0.4 is 5.32 Å². The Labute approximate surface area is 110 Å². The number of hydrogen-bond acceptors (Lipinski definition) is 2. The smallest absolute Gasteiger partial charge is 0.0414 e. The van der Waals surface area contributed by atoms with Gasteiger partial charge in [0.15, 0.2) is 0 Å². The fraction of sp³-hybridized carbons (Fsp3) is 0.600. The molecule has 0 aliphatic carbocycles. The average molecular weight is 251 g/mol. The molecule has 2 heteroatoms. The summed E-state index contributed by atoms with van der Waals surface area (Å²) >= 11 is 2.05. The molecular formula is C15H25NS. The first-order chi connectivity index (χ1) is 8.29. The monoisotopic (exact) mass is 251 g/mol. The zero-order chi connectivity index (χ0) is 12.5. The van der Waals surface area contributed by atoms with Crippen LogP contribution >= 0.6 is 11.8 Å². The minimum absolute atomic E-state index is 0.507. The van der Waals surface area contributed by atoms with Crippen molar-refractivity contribution in [1.82, 2.24) is 5.32 Å². The van der Waals surface area contributed by atoms with Crippen molar-refractivity contribution < 1.29 is 0 Å². The summed E-state index contributed by atoms with van der Waals surface area (Å²) < 4.78 is 0. The van der Waals surface area contributed by atoms with E-state index in [4.69, 9.17) is 0 Å². The van der Waals surface area contributed by atoms with Crippen molar-refractivity contribution >= 4 is 11.8 Å². The van der Waals surface area contributed by atoms with Gasteiger partial charge >= 0.3 is 0 Å². The highest BCUT2D eigenvalue weighted by molar-refractivity contribution is 7.99. The van der Waals surface area contributed by atoms with Crippen LogP contribution in [0.15, 0.2) is 24.3 Å². The van der Waals surface area contributed by atoms with Gasteiger partial charge < -0.3 is 5.32 Å². The topological polar surface area (TPSA) is 12.0 Å². The molecule has 17 heavy (non-hydrogen) atoms. The lowest BCUT2D eigenvalue weighted by Gasteiger charge is -2.20. The summed E-state index contributed by atoms with van der Waals surface area (Å²) in [6.07, 6.45) is 2.46. The number of benzene rings is 1. The molecule has 0 heterocycles. The molecule has 96 valence electrons. The van der Waals surface area contributed by atoms with Crippen molar-refractivity contribution in [3.8, 4) is 0 Å². The molecule has 0 saturated carbocycles. The van der Waals surface area contributed by atoms with Crippen LogP contribution in [-0.2, 0) is 0 Å². The molecule has 0 spiro atoms. The summed E-state index contributed by atoms with van der Waals surface area (Å²) in [5.74, 6) is 2.44. The van der Waals surface area contributed by atoms with Crippen molar-refractivity contribution in [3.05, 3.63) is 35.4 Å². The largest absolute Gasteiger partial charge is 0.309 e. The number of thioether (sulfide) groups is 1. The van der Waals surface area contributed by atoms with Crippen LogP contribution in [-0.4, -0.2) is 18.1 Å². The Hall–Kier alpha value is -0.470. The van der Waals surface area contributed by atoms with Crippen LogP contribution in [0.1, 0.15) is 43.9 Å². The van der Waals surface area contributed by atoms with Crippen LogP contribution in [0.4, 0.5) is 0 Å². The third-order valence-corrected chi connectivity index (χ3v) is 4.10. The molecule has 1 atom stereocenters. The molecule has 1 N–H and O–H groups in total. The van der Waals surface area contributed by atoms with E-state index in [2.05, 4.69) is 62.1 Å². The Balaban J connectivity index is 2.64. The van der Waals surface area contributed by atoms with E-state index in [1.165, 1.54) is 35.5 Å². The van der Waals surface area contributed by atoms with Gasteiger partial charge in [-0.25, -0.2) is 0 Å². The molecule has 0 aromatic heterocycles. The number of nitrogens with one attached hydrogen (secondary N) is 1. The third-order valence-electron chi connectivity index (χ3n) is 2.84. The summed E-state index contributed by atoms with van der Waals surface area (Å²) in [5, 5.41) is 3.66. The van der Waals surface area contributed by atoms with Gasteiger partial charge in [-0.3, -0.25) is 0 Å². The fourth-order valence-corrected chi connectivity index (χ4v) is 2.89. The minimum Gasteiger partial charge on any atom is -0.309 e. The summed E-state index contributed by atoms with van der Waals surface area (Å²) in [7, 11) is 0. The Kier molecular flexibility index (Phi) is 7.38. The summed E-state index contributed by atoms with van der Waals surface area (Å²) in [6, 6.07) is 9.24. The summed E-state index contributed by atoms with van der Waals surface area (Å²) in [6.45, 7) is 7.78. The van der Waals surface area contributed by atoms with E-state index in [9.17, 15) is 0 Å². The molecule has 1 rings (SSSR count). The molecule has 1 aromatic carbocycles. The Bertz CT molecular complexity index is 312. The maximum atomic E-state index is 3.66. The maximum absolute atomic E-state index is 3.66. The van der Waals surface area contributed by atoms with Crippen molar-refractivity contribution in [2.75, 3.05) is 18.1 Å². The zero-order valence-corrected chi connectivity index (χ0v) is 12.1. The van der Waals surface area contributed by atoms with Gasteiger partial charge in [0.25, 0.3) is 0 Å². The highest BCUT2D eigenvalue weighted by atomic mass is 32.2. The zero-order valence-electron chi connectivity index (χ0n) is 11.3. The number of aryl methyl sites for hydroxylation is 1. The predicted octanol–water partition coefficient (Wildman–Crippen LogP) is 4.18. The van der Waals surface area contributed by atoms with Crippen LogP contribution in [0.5, 0.6) is 0 Å². The van der Waals surface area contributed by atoms with Crippen molar-refractivity contribution in [1.29, 1.82) is 0 Å². The lowest BCUT2D eigenvalue weighted by Crippen LogP contribution is -2.25. The number of rotatable bonds is 8. The van der Waals surface area contributed by atoms with Crippen molar-refractivity contribution in [2.45, 2.75) is 39.7 Å². The van der Waals surface area contributed by atoms with Crippen molar-refractivity contribution in [2.24, 2.45) is 0 Å². The first-order valence-corrected chi connectivity index (χ1v) is 7.81. The molecule has 0 aliphatic rings. The fourth-order valence-electron chi connectivity index (χ4n) is 1.90. The van der Waals surface area contributed by atoms with Crippen LogP contribution in [0.3, 0.4) is 0 Å². The first-order valence-electron chi connectivity index (χ1n) is 6.66. The Morgan fingerprint density at radius 2 is 1.94 bits per heavy atom. The lowest BCUT2D eigenvalue weighted by atomic mass is 10.0. The van der Waals surface area contributed by atoms with E-state index in [-0.39, 0.29) is 0 Å². The second kappa shape index (κ2) is 8.60. The highest BCUT2D eigenvalue weighted by Crippen LogP contribution is 2.22. The first kappa shape index (κ1) is 14.6.